The van der Waals surface area contributed by atoms with Gasteiger partial charge >= 0.3 is 5.97 Å². The monoisotopic (exact) mass is 514 g/mol. The number of esters is 1. The second kappa shape index (κ2) is 10.6. The molecule has 0 spiro atoms. The molecule has 1 aliphatic rings. The van der Waals surface area contributed by atoms with Crippen molar-refractivity contribution in [3.63, 3.8) is 0 Å². The molecule has 1 atom stereocenters. The molecule has 32 heavy (non-hydrogen) atoms. The summed E-state index contributed by atoms with van der Waals surface area (Å²) in [6.07, 6.45) is 0. The fourth-order valence-corrected chi connectivity index (χ4v) is 4.27. The van der Waals surface area contributed by atoms with Gasteiger partial charge in [0.1, 0.15) is 6.61 Å². The van der Waals surface area contributed by atoms with Crippen molar-refractivity contribution in [3.8, 4) is 11.5 Å². The summed E-state index contributed by atoms with van der Waals surface area (Å²) in [5.41, 5.74) is 2.41. The number of hydrogen-bond donors (Lipinski definition) is 2. The second-order valence-electron chi connectivity index (χ2n) is 6.85. The van der Waals surface area contributed by atoms with E-state index in [0.29, 0.717) is 48.5 Å². The van der Waals surface area contributed by atoms with Gasteiger partial charge in [0.05, 0.1) is 30.4 Å². The third-order valence-electron chi connectivity index (χ3n) is 4.74. The molecule has 0 saturated heterocycles. The number of carbonyl (C=O) groups excluding carboxylic acids is 1. The quantitative estimate of drug-likeness (QED) is 0.368. The predicted molar refractivity (Wildman–Crippen MR) is 130 cm³/mol. The number of allylic oxidation sites excluding steroid dienone is 1. The Kier molecular flexibility index (Phi) is 8.11. The Hall–Kier alpha value is -2.19. The molecule has 0 radical (unpaired) electrons. The Morgan fingerprint density at radius 3 is 2.56 bits per heavy atom. The van der Waals surface area contributed by atoms with Crippen molar-refractivity contribution in [2.75, 3.05) is 13.7 Å². The Balaban J connectivity index is 1.95. The van der Waals surface area contributed by atoms with Gasteiger partial charge in [0.15, 0.2) is 16.6 Å². The average molecular weight is 516 g/mol. The van der Waals surface area contributed by atoms with Crippen LogP contribution in [0.4, 0.5) is 0 Å². The van der Waals surface area contributed by atoms with E-state index in [-0.39, 0.29) is 13.2 Å². The van der Waals surface area contributed by atoms with Gasteiger partial charge in [-0.05, 0) is 55.9 Å². The van der Waals surface area contributed by atoms with Crippen molar-refractivity contribution in [3.05, 3.63) is 67.8 Å². The average Bonchev–Trinajstić information content (AvgIpc) is 2.73. The number of ether oxygens (including phenoxy) is 3. The number of carbonyl (C=O) groups is 1. The molecular formula is C22H21Cl3N2O4S. The summed E-state index contributed by atoms with van der Waals surface area (Å²) < 4.78 is 16.7. The van der Waals surface area contributed by atoms with Gasteiger partial charge in [0.25, 0.3) is 0 Å². The molecule has 6 nitrogen and oxygen atoms in total. The van der Waals surface area contributed by atoms with E-state index in [1.807, 2.05) is 0 Å². The fourth-order valence-electron chi connectivity index (χ4n) is 3.26. The molecule has 0 fully saturated rings. The minimum absolute atomic E-state index is 0.161. The van der Waals surface area contributed by atoms with Gasteiger partial charge in [-0.15, -0.1) is 0 Å². The molecule has 10 heteroatoms. The van der Waals surface area contributed by atoms with Crippen LogP contribution in [0.3, 0.4) is 0 Å². The van der Waals surface area contributed by atoms with Crippen LogP contribution < -0.4 is 20.1 Å². The molecule has 2 aromatic carbocycles. The van der Waals surface area contributed by atoms with Crippen molar-refractivity contribution in [1.29, 1.82) is 0 Å². The van der Waals surface area contributed by atoms with Crippen molar-refractivity contribution in [1.82, 2.24) is 10.6 Å². The van der Waals surface area contributed by atoms with Crippen LogP contribution in [0.15, 0.2) is 41.6 Å². The predicted octanol–water partition coefficient (Wildman–Crippen LogP) is 5.59. The maximum Gasteiger partial charge on any atom is 0.338 e. The summed E-state index contributed by atoms with van der Waals surface area (Å²) in [5.74, 6) is 0.286. The first-order valence-electron chi connectivity index (χ1n) is 9.64. The van der Waals surface area contributed by atoms with Gasteiger partial charge < -0.3 is 24.8 Å². The van der Waals surface area contributed by atoms with Crippen LogP contribution in [-0.2, 0) is 16.1 Å². The largest absolute Gasteiger partial charge is 0.493 e. The zero-order valence-electron chi connectivity index (χ0n) is 17.6. The molecule has 170 valence electrons. The van der Waals surface area contributed by atoms with Crippen LogP contribution >= 0.6 is 47.0 Å². The van der Waals surface area contributed by atoms with Gasteiger partial charge in [0.2, 0.25) is 0 Å². The molecule has 1 aliphatic heterocycles. The standard InChI is InChI=1S/C22H21Cl3N2O4S/c1-4-30-21(28)18-11(2)26-22(32)27-19(18)13-7-16(25)20(17(8-13)29-3)31-10-12-5-6-14(23)9-15(12)24/h5-9,19H,4,10H2,1-3H3,(H2,26,27,32)/t19-/m0/s1. The van der Waals surface area contributed by atoms with Crippen LogP contribution in [0.25, 0.3) is 0 Å². The summed E-state index contributed by atoms with van der Waals surface area (Å²) in [7, 11) is 1.51. The first-order valence-corrected chi connectivity index (χ1v) is 11.2. The number of benzene rings is 2. The highest BCUT2D eigenvalue weighted by Gasteiger charge is 2.32. The van der Waals surface area contributed by atoms with E-state index in [4.69, 9.17) is 61.2 Å². The van der Waals surface area contributed by atoms with Gasteiger partial charge in [-0.3, -0.25) is 0 Å². The normalized spacial score (nSPS) is 15.7. The smallest absolute Gasteiger partial charge is 0.338 e. The lowest BCUT2D eigenvalue weighted by Gasteiger charge is -2.30. The maximum atomic E-state index is 12.6. The highest BCUT2D eigenvalue weighted by atomic mass is 35.5. The zero-order chi connectivity index (χ0) is 23.4. The number of methoxy groups -OCH3 is 1. The van der Waals surface area contributed by atoms with E-state index in [9.17, 15) is 4.79 Å². The van der Waals surface area contributed by atoms with Crippen LogP contribution in [0, 0.1) is 0 Å². The molecule has 0 aliphatic carbocycles. The summed E-state index contributed by atoms with van der Waals surface area (Å²) >= 11 is 24.0. The summed E-state index contributed by atoms with van der Waals surface area (Å²) in [4.78, 5) is 12.6. The van der Waals surface area contributed by atoms with E-state index in [0.717, 1.165) is 5.56 Å². The third-order valence-corrected chi connectivity index (χ3v) is 5.82. The van der Waals surface area contributed by atoms with Gasteiger partial charge in [-0.25, -0.2) is 4.79 Å². The van der Waals surface area contributed by atoms with Crippen LogP contribution in [0.2, 0.25) is 15.1 Å². The Labute approximate surface area is 206 Å². The van der Waals surface area contributed by atoms with Crippen LogP contribution in [0.1, 0.15) is 31.0 Å². The second-order valence-corrected chi connectivity index (χ2v) is 8.51. The van der Waals surface area contributed by atoms with E-state index < -0.39 is 12.0 Å². The highest BCUT2D eigenvalue weighted by molar-refractivity contribution is 7.80. The van der Waals surface area contributed by atoms with Crippen molar-refractivity contribution in [2.45, 2.75) is 26.5 Å². The molecular weight excluding hydrogens is 495 g/mol. The van der Waals surface area contributed by atoms with Gasteiger partial charge in [-0.2, -0.15) is 0 Å². The molecule has 1 heterocycles. The SMILES string of the molecule is CCOC(=O)C1=C(C)NC(=S)N[C@H]1c1cc(Cl)c(OCc2ccc(Cl)cc2Cl)c(OC)c1. The minimum Gasteiger partial charge on any atom is -0.493 e. The number of halogens is 3. The minimum atomic E-state index is -0.575. The highest BCUT2D eigenvalue weighted by Crippen LogP contribution is 2.41. The Morgan fingerprint density at radius 1 is 1.16 bits per heavy atom. The lowest BCUT2D eigenvalue weighted by Crippen LogP contribution is -2.45. The fraction of sp³-hybridized carbons (Fsp3) is 0.273. The summed E-state index contributed by atoms with van der Waals surface area (Å²) in [6, 6.07) is 8.00. The van der Waals surface area contributed by atoms with Crippen molar-refractivity contribution in [2.24, 2.45) is 0 Å². The molecule has 0 bridgehead atoms. The van der Waals surface area contributed by atoms with Crippen LogP contribution in [-0.4, -0.2) is 24.8 Å². The molecule has 0 amide bonds. The number of rotatable bonds is 7. The maximum absolute atomic E-state index is 12.6. The number of thiocarbonyl (C=S) groups is 1. The Morgan fingerprint density at radius 2 is 1.91 bits per heavy atom. The van der Waals surface area contributed by atoms with Crippen LogP contribution in [0.5, 0.6) is 11.5 Å². The van der Waals surface area contributed by atoms with E-state index in [2.05, 4.69) is 10.6 Å². The molecule has 0 unspecified atom stereocenters. The molecule has 2 N–H and O–H groups in total. The van der Waals surface area contributed by atoms with Crippen molar-refractivity contribution >= 4 is 58.1 Å². The molecule has 0 saturated carbocycles. The lowest BCUT2D eigenvalue weighted by atomic mass is 9.95. The molecule has 0 aromatic heterocycles. The van der Waals surface area contributed by atoms with Crippen molar-refractivity contribution < 1.29 is 19.0 Å². The topological polar surface area (TPSA) is 68.8 Å². The summed E-state index contributed by atoms with van der Waals surface area (Å²) in [6.45, 7) is 3.92. The van der Waals surface area contributed by atoms with E-state index in [1.54, 1.807) is 44.2 Å². The molecule has 2 aromatic rings. The van der Waals surface area contributed by atoms with E-state index in [1.165, 1.54) is 7.11 Å². The zero-order valence-corrected chi connectivity index (χ0v) is 20.6. The van der Waals surface area contributed by atoms with E-state index >= 15 is 0 Å². The van der Waals surface area contributed by atoms with Gasteiger partial charge in [0, 0.05) is 21.3 Å². The van der Waals surface area contributed by atoms with Gasteiger partial charge in [-0.1, -0.05) is 40.9 Å². The number of nitrogens with one attached hydrogen (secondary N) is 2. The lowest BCUT2D eigenvalue weighted by molar-refractivity contribution is -0.139. The first-order chi connectivity index (χ1) is 15.2. The summed E-state index contributed by atoms with van der Waals surface area (Å²) in [5, 5.41) is 7.76. The molecule has 3 rings (SSSR count). The number of hydrogen-bond acceptors (Lipinski definition) is 5. The first kappa shape index (κ1) is 24.5. The third kappa shape index (κ3) is 5.41. The Bertz CT molecular complexity index is 1090.